The fraction of sp³-hybridized carbons (Fsp3) is 0.750. The number of carbonyl (C=O) groups excluding carboxylic acids is 1. The van der Waals surface area contributed by atoms with Crippen molar-refractivity contribution in [3.63, 3.8) is 0 Å². The van der Waals surface area contributed by atoms with Crippen LogP contribution >= 0.6 is 12.2 Å². The average Bonchev–Trinajstić information content (AvgIpc) is 3.07. The average molecular weight is 340 g/mol. The van der Waals surface area contributed by atoms with Crippen LogP contribution in [-0.2, 0) is 4.74 Å². The number of unbranched alkanes of at least 4 members (excludes halogenated alkanes) is 9. The molecule has 130 valence electrons. The number of alkyl carbamates (subject to hydrolysis) is 1. The van der Waals surface area contributed by atoms with E-state index < -0.39 is 6.09 Å². The molecule has 0 aliphatic rings. The largest absolute Gasteiger partial charge is 0.449 e. The summed E-state index contributed by atoms with van der Waals surface area (Å²) in [5, 5.41) is 9.91. The predicted octanol–water partition coefficient (Wildman–Crippen LogP) is 4.06. The number of ether oxygens (including phenoxy) is 1. The van der Waals surface area contributed by atoms with Gasteiger partial charge in [0.15, 0.2) is 5.11 Å². The zero-order valence-corrected chi connectivity index (χ0v) is 14.8. The normalized spacial score (nSPS) is 10.5. The number of aromatic nitrogens is 3. The van der Waals surface area contributed by atoms with Crippen LogP contribution in [0.3, 0.4) is 0 Å². The number of amides is 1. The minimum absolute atomic E-state index is 0.211. The molecule has 0 aliphatic heterocycles. The molecule has 0 spiro atoms. The lowest BCUT2D eigenvalue weighted by Crippen LogP contribution is -2.34. The summed E-state index contributed by atoms with van der Waals surface area (Å²) in [7, 11) is 0. The summed E-state index contributed by atoms with van der Waals surface area (Å²) in [6.07, 6.45) is 14.8. The highest BCUT2D eigenvalue weighted by Crippen LogP contribution is 2.10. The third-order valence-electron chi connectivity index (χ3n) is 3.59. The molecule has 0 saturated heterocycles. The molecule has 1 aromatic heterocycles. The van der Waals surface area contributed by atoms with Crippen LogP contribution in [0.5, 0.6) is 0 Å². The second-order valence-corrected chi connectivity index (χ2v) is 6.00. The molecule has 1 rings (SSSR count). The van der Waals surface area contributed by atoms with Crippen molar-refractivity contribution in [1.82, 2.24) is 20.1 Å². The Morgan fingerprint density at radius 2 is 1.52 bits per heavy atom. The van der Waals surface area contributed by atoms with E-state index >= 15 is 0 Å². The molecule has 1 aromatic rings. The van der Waals surface area contributed by atoms with Gasteiger partial charge in [0.1, 0.15) is 12.7 Å². The maximum atomic E-state index is 11.5. The fourth-order valence-corrected chi connectivity index (χ4v) is 2.43. The molecule has 0 unspecified atom stereocenters. The molecule has 0 fully saturated rings. The molecule has 0 atom stereocenters. The highest BCUT2D eigenvalue weighted by Gasteiger charge is 2.06. The van der Waals surface area contributed by atoms with E-state index in [-0.39, 0.29) is 5.11 Å². The SMILES string of the molecule is CCCCCCCCCCCCOC(=O)NC(=S)n1cnnc1. The van der Waals surface area contributed by atoms with Gasteiger partial charge in [-0.15, -0.1) is 10.2 Å². The van der Waals surface area contributed by atoms with Gasteiger partial charge in [-0.3, -0.25) is 9.88 Å². The van der Waals surface area contributed by atoms with Crippen molar-refractivity contribution >= 4 is 23.4 Å². The molecule has 0 bridgehead atoms. The Morgan fingerprint density at radius 3 is 2.09 bits per heavy atom. The van der Waals surface area contributed by atoms with E-state index in [2.05, 4.69) is 22.4 Å². The first-order valence-corrected chi connectivity index (χ1v) is 8.97. The van der Waals surface area contributed by atoms with Gasteiger partial charge in [-0.05, 0) is 18.6 Å². The Labute approximate surface area is 144 Å². The molecular formula is C16H28N4O2S. The molecule has 0 saturated carbocycles. The standard InChI is InChI=1S/C16H28N4O2S/c1-2-3-4-5-6-7-8-9-10-11-12-22-16(21)19-15(23)20-13-17-18-14-20/h13-14H,2-12H2,1H3,(H,19,21,23). The van der Waals surface area contributed by atoms with Crippen LogP contribution < -0.4 is 5.32 Å². The topological polar surface area (TPSA) is 69.0 Å². The van der Waals surface area contributed by atoms with E-state index in [1.807, 2.05) is 0 Å². The number of rotatable bonds is 11. The van der Waals surface area contributed by atoms with Gasteiger partial charge < -0.3 is 4.74 Å². The number of nitrogens with zero attached hydrogens (tertiary/aromatic N) is 3. The minimum atomic E-state index is -0.528. The van der Waals surface area contributed by atoms with Crippen LogP contribution in [0.15, 0.2) is 12.7 Å². The number of nitrogens with one attached hydrogen (secondary N) is 1. The molecular weight excluding hydrogens is 312 g/mol. The Kier molecular flexibility index (Phi) is 11.0. The van der Waals surface area contributed by atoms with Crippen LogP contribution in [0, 0.1) is 0 Å². The first kappa shape index (κ1) is 19.5. The van der Waals surface area contributed by atoms with E-state index in [4.69, 9.17) is 17.0 Å². The van der Waals surface area contributed by atoms with Crippen LogP contribution in [0.25, 0.3) is 0 Å². The van der Waals surface area contributed by atoms with Crippen molar-refractivity contribution in [3.8, 4) is 0 Å². The van der Waals surface area contributed by atoms with Crippen molar-refractivity contribution in [2.24, 2.45) is 0 Å². The van der Waals surface area contributed by atoms with E-state index in [9.17, 15) is 4.79 Å². The second-order valence-electron chi connectivity index (χ2n) is 5.62. The number of hydrogen-bond acceptors (Lipinski definition) is 5. The maximum absolute atomic E-state index is 11.5. The molecule has 7 heteroatoms. The van der Waals surface area contributed by atoms with Gasteiger partial charge in [0.2, 0.25) is 0 Å². The fourth-order valence-electron chi connectivity index (χ4n) is 2.25. The van der Waals surface area contributed by atoms with Crippen molar-refractivity contribution in [2.75, 3.05) is 6.61 Å². The summed E-state index contributed by atoms with van der Waals surface area (Å²) in [5.41, 5.74) is 0. The number of carbonyl (C=O) groups is 1. The molecule has 1 amide bonds. The minimum Gasteiger partial charge on any atom is -0.449 e. The maximum Gasteiger partial charge on any atom is 0.413 e. The van der Waals surface area contributed by atoms with Crippen molar-refractivity contribution in [1.29, 1.82) is 0 Å². The van der Waals surface area contributed by atoms with Crippen LogP contribution in [0.1, 0.15) is 71.1 Å². The van der Waals surface area contributed by atoms with Gasteiger partial charge in [0, 0.05) is 0 Å². The molecule has 6 nitrogen and oxygen atoms in total. The smallest absolute Gasteiger partial charge is 0.413 e. The molecule has 23 heavy (non-hydrogen) atoms. The first-order chi connectivity index (χ1) is 11.2. The van der Waals surface area contributed by atoms with Gasteiger partial charge in [-0.2, -0.15) is 0 Å². The summed E-state index contributed by atoms with van der Waals surface area (Å²) in [6, 6.07) is 0. The monoisotopic (exact) mass is 340 g/mol. The Hall–Kier alpha value is -1.50. The highest BCUT2D eigenvalue weighted by atomic mass is 32.1. The Morgan fingerprint density at radius 1 is 1.00 bits per heavy atom. The van der Waals surface area contributed by atoms with Gasteiger partial charge in [0.05, 0.1) is 6.61 Å². The number of thiocarbonyl (C=S) groups is 1. The Bertz CT molecular complexity index is 437. The summed E-state index contributed by atoms with van der Waals surface area (Å²) >= 11 is 5.01. The van der Waals surface area contributed by atoms with Crippen molar-refractivity contribution in [3.05, 3.63) is 12.7 Å². The van der Waals surface area contributed by atoms with Crippen molar-refractivity contribution in [2.45, 2.75) is 71.1 Å². The third-order valence-corrected chi connectivity index (χ3v) is 3.91. The van der Waals surface area contributed by atoms with E-state index in [0.29, 0.717) is 6.61 Å². The lowest BCUT2D eigenvalue weighted by molar-refractivity contribution is 0.149. The lowest BCUT2D eigenvalue weighted by Gasteiger charge is -2.07. The number of hydrogen-bond donors (Lipinski definition) is 1. The van der Waals surface area contributed by atoms with E-state index in [1.165, 1.54) is 68.6 Å². The zero-order chi connectivity index (χ0) is 16.8. The molecule has 0 radical (unpaired) electrons. The molecule has 1 N–H and O–H groups in total. The quantitative estimate of drug-likeness (QED) is 0.486. The lowest BCUT2D eigenvalue weighted by atomic mass is 10.1. The van der Waals surface area contributed by atoms with Gasteiger partial charge >= 0.3 is 6.09 Å². The predicted molar refractivity (Wildman–Crippen MR) is 94.3 cm³/mol. The van der Waals surface area contributed by atoms with Gasteiger partial charge in [-0.1, -0.05) is 64.7 Å². The second kappa shape index (κ2) is 13.0. The van der Waals surface area contributed by atoms with Crippen LogP contribution in [-0.4, -0.2) is 32.6 Å². The highest BCUT2D eigenvalue weighted by molar-refractivity contribution is 7.80. The first-order valence-electron chi connectivity index (χ1n) is 8.56. The van der Waals surface area contributed by atoms with Crippen molar-refractivity contribution < 1.29 is 9.53 Å². The van der Waals surface area contributed by atoms with E-state index in [0.717, 1.165) is 12.8 Å². The summed E-state index contributed by atoms with van der Waals surface area (Å²) in [5.74, 6) is 0. The molecule has 0 aromatic carbocycles. The molecule has 1 heterocycles. The summed E-state index contributed by atoms with van der Waals surface area (Å²) < 4.78 is 6.53. The Balaban J connectivity index is 1.89. The van der Waals surface area contributed by atoms with Crippen LogP contribution in [0.2, 0.25) is 0 Å². The zero-order valence-electron chi connectivity index (χ0n) is 14.0. The summed E-state index contributed by atoms with van der Waals surface area (Å²) in [6.45, 7) is 2.66. The van der Waals surface area contributed by atoms with E-state index in [1.54, 1.807) is 0 Å². The third kappa shape index (κ3) is 9.99. The van der Waals surface area contributed by atoms with Gasteiger partial charge in [0.25, 0.3) is 0 Å². The van der Waals surface area contributed by atoms with Crippen LogP contribution in [0.4, 0.5) is 4.79 Å². The van der Waals surface area contributed by atoms with Gasteiger partial charge in [-0.25, -0.2) is 4.79 Å². The summed E-state index contributed by atoms with van der Waals surface area (Å²) in [4.78, 5) is 11.5. The molecule has 0 aliphatic carbocycles.